The average molecular weight is 268 g/mol. The minimum absolute atomic E-state index is 0. The van der Waals surface area contributed by atoms with Crippen LogP contribution < -0.4 is 0 Å². The summed E-state index contributed by atoms with van der Waals surface area (Å²) in [7, 11) is -0.631. The lowest BCUT2D eigenvalue weighted by molar-refractivity contribution is 0.571. The summed E-state index contributed by atoms with van der Waals surface area (Å²) in [5.74, 6) is 3.23. The highest BCUT2D eigenvalue weighted by Crippen LogP contribution is 2.09. The van der Waals surface area contributed by atoms with Crippen LogP contribution in [0.2, 0.25) is 13.1 Å². The lowest BCUT2D eigenvalue weighted by atomic mass is 9.99. The summed E-state index contributed by atoms with van der Waals surface area (Å²) < 4.78 is 0. The van der Waals surface area contributed by atoms with Gasteiger partial charge in [0, 0.05) is 5.41 Å². The van der Waals surface area contributed by atoms with Crippen LogP contribution in [-0.2, 0) is 0 Å². The van der Waals surface area contributed by atoms with Gasteiger partial charge in [0.15, 0.2) is 0 Å². The van der Waals surface area contributed by atoms with Crippen LogP contribution in [-0.4, -0.2) is 8.80 Å². The third-order valence-electron chi connectivity index (χ3n) is 0.736. The molecule has 0 rings (SSSR count). The van der Waals surface area contributed by atoms with Gasteiger partial charge < -0.3 is 0 Å². The summed E-state index contributed by atoms with van der Waals surface area (Å²) in [6, 6.07) is 0. The maximum absolute atomic E-state index is 3.27. The van der Waals surface area contributed by atoms with E-state index in [0.29, 0.717) is 0 Å². The average Bonchev–Trinajstić information content (AvgIpc) is 1.59. The van der Waals surface area contributed by atoms with Crippen molar-refractivity contribution >= 4 is 32.8 Å². The van der Waals surface area contributed by atoms with Gasteiger partial charge in [0.1, 0.15) is 8.80 Å². The van der Waals surface area contributed by atoms with Gasteiger partial charge in [-0.3, -0.25) is 0 Å². The van der Waals surface area contributed by atoms with Crippen molar-refractivity contribution < 1.29 is 0 Å². The van der Waals surface area contributed by atoms with Gasteiger partial charge in [-0.1, -0.05) is 13.1 Å². The molecular weight excluding hydrogens is 251 g/mol. The molecule has 0 N–H and O–H groups in total. The predicted octanol–water partition coefficient (Wildman–Crippen LogP) is 2.68. The second-order valence-corrected chi connectivity index (χ2v) is 6.27. The molecule has 0 aromatic carbocycles. The summed E-state index contributed by atoms with van der Waals surface area (Å²) in [5, 5.41) is 0. The summed E-state index contributed by atoms with van der Waals surface area (Å²) in [5.41, 5.74) is 3.48. The Morgan fingerprint density at radius 3 is 1.60 bits per heavy atom. The molecule has 10 heavy (non-hydrogen) atoms. The second kappa shape index (κ2) is 5.20. The minimum Gasteiger partial charge on any atom is -0.135 e. The molecule has 0 amide bonds. The summed E-state index contributed by atoms with van der Waals surface area (Å²) in [6.07, 6.45) is 0. The van der Waals surface area contributed by atoms with E-state index in [1.54, 1.807) is 0 Å². The Kier molecular flexibility index (Phi) is 6.82. The van der Waals surface area contributed by atoms with E-state index < -0.39 is 8.80 Å². The highest BCUT2D eigenvalue weighted by molar-refractivity contribution is 14.0. The highest BCUT2D eigenvalue weighted by atomic mass is 127. The zero-order valence-electron chi connectivity index (χ0n) is 7.49. The topological polar surface area (TPSA) is 0 Å². The molecule has 0 aromatic rings. The van der Waals surface area contributed by atoms with E-state index in [1.165, 1.54) is 0 Å². The largest absolute Gasteiger partial charge is 0.135 e. The molecule has 0 unspecified atom stereocenters. The van der Waals surface area contributed by atoms with Gasteiger partial charge in [-0.25, -0.2) is 0 Å². The third-order valence-corrected chi connectivity index (χ3v) is 1.46. The monoisotopic (exact) mass is 268 g/mol. The number of halogens is 1. The molecular formula is C8H17ISi. The van der Waals surface area contributed by atoms with Crippen molar-refractivity contribution in [2.24, 2.45) is 5.41 Å². The molecule has 0 bridgehead atoms. The number of rotatable bonds is 0. The van der Waals surface area contributed by atoms with E-state index in [4.69, 9.17) is 0 Å². The number of hydrogen-bond donors (Lipinski definition) is 0. The molecule has 0 nitrogen and oxygen atoms in total. The molecule has 0 fully saturated rings. The van der Waals surface area contributed by atoms with E-state index in [2.05, 4.69) is 45.3 Å². The van der Waals surface area contributed by atoms with Crippen LogP contribution in [0.3, 0.4) is 0 Å². The summed E-state index contributed by atoms with van der Waals surface area (Å²) in [6.45, 7) is 10.9. The zero-order valence-corrected chi connectivity index (χ0v) is 11.0. The molecule has 0 saturated heterocycles. The van der Waals surface area contributed by atoms with Crippen molar-refractivity contribution in [3.05, 3.63) is 0 Å². The molecule has 0 saturated carbocycles. The van der Waals surface area contributed by atoms with Crippen molar-refractivity contribution in [2.45, 2.75) is 33.9 Å². The molecule has 0 atom stereocenters. The van der Waals surface area contributed by atoms with Crippen LogP contribution in [0.4, 0.5) is 0 Å². The van der Waals surface area contributed by atoms with Gasteiger partial charge >= 0.3 is 0 Å². The fourth-order valence-corrected chi connectivity index (χ4v) is 1.08. The molecule has 0 spiro atoms. The van der Waals surface area contributed by atoms with Crippen LogP contribution in [0.15, 0.2) is 0 Å². The van der Waals surface area contributed by atoms with Gasteiger partial charge in [-0.15, -0.1) is 35.4 Å². The Hall–Kier alpha value is 0.507. The van der Waals surface area contributed by atoms with Crippen LogP contribution in [0.25, 0.3) is 0 Å². The van der Waals surface area contributed by atoms with Gasteiger partial charge in [0.2, 0.25) is 0 Å². The number of hydrogen-bond acceptors (Lipinski definition) is 0. The first-order valence-corrected chi connectivity index (χ1v) is 6.33. The molecule has 0 heterocycles. The first kappa shape index (κ1) is 13.1. The molecule has 0 aliphatic carbocycles. The van der Waals surface area contributed by atoms with Crippen molar-refractivity contribution in [3.63, 3.8) is 0 Å². The smallest absolute Gasteiger partial charge is 0.116 e. The van der Waals surface area contributed by atoms with E-state index in [1.807, 2.05) is 0 Å². The Bertz CT molecular complexity index is 134. The van der Waals surface area contributed by atoms with Gasteiger partial charge in [-0.05, 0) is 20.8 Å². The molecule has 0 radical (unpaired) electrons. The Balaban J connectivity index is 0. The van der Waals surface area contributed by atoms with Gasteiger partial charge in [-0.2, -0.15) is 0 Å². The maximum Gasteiger partial charge on any atom is 0.116 e. The summed E-state index contributed by atoms with van der Waals surface area (Å²) in [4.78, 5) is 0. The summed E-state index contributed by atoms with van der Waals surface area (Å²) >= 11 is 0. The van der Waals surface area contributed by atoms with Crippen LogP contribution in [0, 0.1) is 16.9 Å². The van der Waals surface area contributed by atoms with Crippen LogP contribution in [0.1, 0.15) is 20.8 Å². The van der Waals surface area contributed by atoms with Gasteiger partial charge in [0.25, 0.3) is 0 Å². The SMILES string of the molecule is C[SiH](C)C#CC(C)(C)C.I. The highest BCUT2D eigenvalue weighted by Gasteiger charge is 2.02. The minimum atomic E-state index is -0.631. The van der Waals surface area contributed by atoms with Crippen LogP contribution in [0.5, 0.6) is 0 Å². The van der Waals surface area contributed by atoms with Crippen molar-refractivity contribution in [1.82, 2.24) is 0 Å². The molecule has 2 heteroatoms. The van der Waals surface area contributed by atoms with Gasteiger partial charge in [0.05, 0.1) is 0 Å². The zero-order chi connectivity index (χ0) is 7.49. The van der Waals surface area contributed by atoms with Crippen molar-refractivity contribution in [3.8, 4) is 11.5 Å². The Morgan fingerprint density at radius 1 is 1.10 bits per heavy atom. The predicted molar refractivity (Wildman–Crippen MR) is 61.5 cm³/mol. The van der Waals surface area contributed by atoms with Crippen molar-refractivity contribution in [1.29, 1.82) is 0 Å². The maximum atomic E-state index is 3.27. The van der Waals surface area contributed by atoms with Crippen LogP contribution >= 0.6 is 24.0 Å². The van der Waals surface area contributed by atoms with E-state index >= 15 is 0 Å². The molecule has 0 aromatic heterocycles. The first-order valence-electron chi connectivity index (χ1n) is 3.44. The van der Waals surface area contributed by atoms with E-state index in [-0.39, 0.29) is 29.4 Å². The second-order valence-electron chi connectivity index (χ2n) is 3.67. The molecule has 0 aliphatic rings. The van der Waals surface area contributed by atoms with E-state index in [9.17, 15) is 0 Å². The quantitative estimate of drug-likeness (QED) is 0.360. The fraction of sp³-hybridized carbons (Fsp3) is 0.750. The lowest BCUT2D eigenvalue weighted by Gasteiger charge is -2.07. The normalized spacial score (nSPS) is 9.80. The lowest BCUT2D eigenvalue weighted by Crippen LogP contribution is -2.03. The van der Waals surface area contributed by atoms with E-state index in [0.717, 1.165) is 0 Å². The molecule has 60 valence electrons. The van der Waals surface area contributed by atoms with Crippen molar-refractivity contribution in [2.75, 3.05) is 0 Å². The third kappa shape index (κ3) is 11.3. The first-order chi connectivity index (χ1) is 3.92. The molecule has 0 aliphatic heterocycles. The Labute approximate surface area is 83.4 Å². The fourth-order valence-electron chi connectivity index (χ4n) is 0.361. The standard InChI is InChI=1S/C8H16Si.HI/c1-8(2,3)6-7-9(4)5;/h9H,1-5H3;1H. The Morgan fingerprint density at radius 2 is 1.50 bits per heavy atom.